The van der Waals surface area contributed by atoms with Crippen LogP contribution in [0.4, 0.5) is 4.39 Å². The lowest BCUT2D eigenvalue weighted by atomic mass is 10.1. The molecule has 2 aromatic carbocycles. The number of rotatable bonds is 7. The number of nitrogens with one attached hydrogen (secondary N) is 1. The van der Waals surface area contributed by atoms with Crippen LogP contribution in [0.1, 0.15) is 5.56 Å². The van der Waals surface area contributed by atoms with E-state index >= 15 is 0 Å². The van der Waals surface area contributed by atoms with Crippen molar-refractivity contribution in [2.24, 2.45) is 0 Å². The van der Waals surface area contributed by atoms with Crippen LogP contribution in [0.3, 0.4) is 0 Å². The number of carbonyl (C=O) groups is 1. The first-order chi connectivity index (χ1) is 13.6. The minimum Gasteiger partial charge on any atom is -0.497 e. The van der Waals surface area contributed by atoms with Gasteiger partial charge in [-0.2, -0.15) is 5.10 Å². The Balaban J connectivity index is 1.61. The number of ether oxygens (including phenoxy) is 1. The minimum absolute atomic E-state index is 0.232. The van der Waals surface area contributed by atoms with Crippen molar-refractivity contribution in [1.82, 2.24) is 15.1 Å². The Hall–Kier alpha value is -3.48. The predicted octanol–water partition coefficient (Wildman–Crippen LogP) is 2.42. The van der Waals surface area contributed by atoms with Gasteiger partial charge >= 0.3 is 0 Å². The molecule has 0 unspecified atom stereocenters. The Morgan fingerprint density at radius 2 is 1.86 bits per heavy atom. The van der Waals surface area contributed by atoms with E-state index in [1.165, 1.54) is 18.2 Å². The Kier molecular flexibility index (Phi) is 6.16. The quantitative estimate of drug-likeness (QED) is 0.682. The summed E-state index contributed by atoms with van der Waals surface area (Å²) in [5.74, 6) is -0.00842. The summed E-state index contributed by atoms with van der Waals surface area (Å²) in [6.07, 6.45) is 0.646. The molecule has 0 aliphatic carbocycles. The number of halogens is 1. The number of hydrogen-bond acceptors (Lipinski definition) is 4. The number of hydrogen-bond donors (Lipinski definition) is 1. The van der Waals surface area contributed by atoms with Crippen LogP contribution in [0.25, 0.3) is 11.3 Å². The first-order valence-corrected chi connectivity index (χ1v) is 8.79. The van der Waals surface area contributed by atoms with Crippen LogP contribution in [-0.4, -0.2) is 29.3 Å². The maximum atomic E-state index is 13.9. The minimum atomic E-state index is -0.441. The number of carbonyl (C=O) groups excluding carboxylic acids is 1. The van der Waals surface area contributed by atoms with Gasteiger partial charge in [0.25, 0.3) is 5.56 Å². The molecule has 144 valence electrons. The van der Waals surface area contributed by atoms with Crippen LogP contribution in [0.15, 0.2) is 65.5 Å². The number of amides is 1. The van der Waals surface area contributed by atoms with E-state index in [2.05, 4.69) is 10.4 Å². The third-order valence-corrected chi connectivity index (χ3v) is 4.20. The molecule has 0 saturated carbocycles. The molecule has 1 heterocycles. The van der Waals surface area contributed by atoms with Gasteiger partial charge < -0.3 is 10.1 Å². The summed E-state index contributed by atoms with van der Waals surface area (Å²) >= 11 is 0. The number of methoxy groups -OCH3 is 1. The van der Waals surface area contributed by atoms with Crippen molar-refractivity contribution in [3.8, 4) is 17.0 Å². The van der Waals surface area contributed by atoms with Crippen molar-refractivity contribution in [2.45, 2.75) is 13.0 Å². The highest BCUT2D eigenvalue weighted by Gasteiger charge is 2.10. The smallest absolute Gasteiger partial charge is 0.267 e. The summed E-state index contributed by atoms with van der Waals surface area (Å²) in [6.45, 7) is 0.191. The molecule has 0 atom stereocenters. The zero-order chi connectivity index (χ0) is 19.9. The van der Waals surface area contributed by atoms with Crippen molar-refractivity contribution in [3.05, 3.63) is 82.4 Å². The van der Waals surface area contributed by atoms with Crippen LogP contribution in [-0.2, 0) is 17.8 Å². The van der Waals surface area contributed by atoms with Gasteiger partial charge in [0.05, 0.1) is 12.8 Å². The van der Waals surface area contributed by atoms with Gasteiger partial charge in [-0.25, -0.2) is 9.07 Å². The van der Waals surface area contributed by atoms with Gasteiger partial charge in [-0.1, -0.05) is 24.3 Å². The van der Waals surface area contributed by atoms with Crippen LogP contribution in [0.5, 0.6) is 5.75 Å². The first kappa shape index (κ1) is 19.3. The Labute approximate surface area is 161 Å². The number of aromatic nitrogens is 2. The van der Waals surface area contributed by atoms with E-state index in [0.29, 0.717) is 18.7 Å². The van der Waals surface area contributed by atoms with Crippen LogP contribution >= 0.6 is 0 Å². The van der Waals surface area contributed by atoms with E-state index in [1.54, 1.807) is 25.3 Å². The molecular formula is C21H20FN3O3. The highest BCUT2D eigenvalue weighted by atomic mass is 19.1. The van der Waals surface area contributed by atoms with Gasteiger partial charge in [-0.05, 0) is 42.3 Å². The van der Waals surface area contributed by atoms with Crippen LogP contribution < -0.4 is 15.6 Å². The van der Waals surface area contributed by atoms with Crippen LogP contribution in [0.2, 0.25) is 0 Å². The summed E-state index contributed by atoms with van der Waals surface area (Å²) in [7, 11) is 1.60. The molecule has 0 bridgehead atoms. The summed E-state index contributed by atoms with van der Waals surface area (Å²) in [5.41, 5.74) is 1.20. The van der Waals surface area contributed by atoms with E-state index in [9.17, 15) is 14.0 Å². The molecule has 0 radical (unpaired) electrons. The first-order valence-electron chi connectivity index (χ1n) is 8.79. The second kappa shape index (κ2) is 8.94. The highest BCUT2D eigenvalue weighted by molar-refractivity contribution is 5.75. The molecule has 28 heavy (non-hydrogen) atoms. The lowest BCUT2D eigenvalue weighted by Crippen LogP contribution is -2.34. The van der Waals surface area contributed by atoms with Gasteiger partial charge in [0.15, 0.2) is 0 Å². The normalized spacial score (nSPS) is 10.5. The van der Waals surface area contributed by atoms with Crippen molar-refractivity contribution in [1.29, 1.82) is 0 Å². The SMILES string of the molecule is COc1ccc(CCNC(=O)Cn2nc(-c3ccccc3F)ccc2=O)cc1. The Morgan fingerprint density at radius 1 is 1.11 bits per heavy atom. The third kappa shape index (κ3) is 4.82. The van der Waals surface area contributed by atoms with Gasteiger partial charge in [0, 0.05) is 18.2 Å². The van der Waals surface area contributed by atoms with Crippen molar-refractivity contribution in [3.63, 3.8) is 0 Å². The summed E-state index contributed by atoms with van der Waals surface area (Å²) in [5, 5.41) is 6.88. The molecule has 3 rings (SSSR count). The largest absolute Gasteiger partial charge is 0.497 e. The van der Waals surface area contributed by atoms with Gasteiger partial charge in [0.1, 0.15) is 18.1 Å². The fraction of sp³-hybridized carbons (Fsp3) is 0.190. The molecule has 0 aliphatic heterocycles. The molecule has 0 fully saturated rings. The summed E-state index contributed by atoms with van der Waals surface area (Å²) < 4.78 is 20.1. The molecule has 0 spiro atoms. The second-order valence-electron chi connectivity index (χ2n) is 6.14. The molecule has 0 saturated heterocycles. The highest BCUT2D eigenvalue weighted by Crippen LogP contribution is 2.18. The lowest BCUT2D eigenvalue weighted by Gasteiger charge is -2.09. The molecule has 1 N–H and O–H groups in total. The molecule has 7 heteroatoms. The van der Waals surface area contributed by atoms with Gasteiger partial charge in [0.2, 0.25) is 5.91 Å². The topological polar surface area (TPSA) is 73.2 Å². The summed E-state index contributed by atoms with van der Waals surface area (Å²) in [6, 6.07) is 16.4. The number of nitrogens with zero attached hydrogens (tertiary/aromatic N) is 2. The molecule has 1 aromatic heterocycles. The van der Waals surface area contributed by atoms with E-state index in [1.807, 2.05) is 24.3 Å². The average molecular weight is 381 g/mol. The van der Waals surface area contributed by atoms with E-state index in [-0.39, 0.29) is 18.0 Å². The zero-order valence-electron chi connectivity index (χ0n) is 15.4. The van der Waals surface area contributed by atoms with Crippen molar-refractivity contribution in [2.75, 3.05) is 13.7 Å². The molecule has 3 aromatic rings. The molecular weight excluding hydrogens is 361 g/mol. The number of benzene rings is 2. The van der Waals surface area contributed by atoms with E-state index in [0.717, 1.165) is 16.0 Å². The van der Waals surface area contributed by atoms with Gasteiger partial charge in [-0.3, -0.25) is 9.59 Å². The fourth-order valence-electron chi connectivity index (χ4n) is 2.71. The Morgan fingerprint density at radius 3 is 2.57 bits per heavy atom. The lowest BCUT2D eigenvalue weighted by molar-refractivity contribution is -0.121. The van der Waals surface area contributed by atoms with E-state index < -0.39 is 11.4 Å². The van der Waals surface area contributed by atoms with Crippen molar-refractivity contribution < 1.29 is 13.9 Å². The standard InChI is InChI=1S/C21H20FN3O3/c1-28-16-8-6-15(7-9-16)12-13-23-20(26)14-25-21(27)11-10-19(24-25)17-4-2-3-5-18(17)22/h2-11H,12-14H2,1H3,(H,23,26). The monoisotopic (exact) mass is 381 g/mol. The fourth-order valence-corrected chi connectivity index (χ4v) is 2.71. The zero-order valence-corrected chi connectivity index (χ0v) is 15.4. The van der Waals surface area contributed by atoms with E-state index in [4.69, 9.17) is 4.74 Å². The third-order valence-electron chi connectivity index (χ3n) is 4.20. The molecule has 6 nitrogen and oxygen atoms in total. The predicted molar refractivity (Wildman–Crippen MR) is 104 cm³/mol. The maximum absolute atomic E-state index is 13.9. The molecule has 1 amide bonds. The molecule has 0 aliphatic rings. The average Bonchev–Trinajstić information content (AvgIpc) is 2.71. The Bertz CT molecular complexity index is 1020. The maximum Gasteiger partial charge on any atom is 0.267 e. The van der Waals surface area contributed by atoms with Gasteiger partial charge in [-0.15, -0.1) is 0 Å². The second-order valence-corrected chi connectivity index (χ2v) is 6.14. The van der Waals surface area contributed by atoms with Crippen LogP contribution in [0, 0.1) is 5.82 Å². The summed E-state index contributed by atoms with van der Waals surface area (Å²) in [4.78, 5) is 24.2. The van der Waals surface area contributed by atoms with Crippen molar-refractivity contribution >= 4 is 5.91 Å².